The number of urea groups is 1. The second-order valence-electron chi connectivity index (χ2n) is 8.23. The largest absolute Gasteiger partial charge is 0.330 e. The van der Waals surface area contributed by atoms with Crippen LogP contribution in [-0.2, 0) is 0 Å². The number of nitrogens with one attached hydrogen (secondary N) is 1. The number of carbonyl (C=O) groups is 2. The average molecular weight is 422 g/mol. The van der Waals surface area contributed by atoms with Gasteiger partial charge < -0.3 is 15.1 Å². The highest BCUT2D eigenvalue weighted by Crippen LogP contribution is 2.37. The van der Waals surface area contributed by atoms with Gasteiger partial charge in [0.1, 0.15) is 0 Å². The fourth-order valence-corrected chi connectivity index (χ4v) is 4.54. The predicted octanol–water partition coefficient (Wildman–Crippen LogP) is 4.35. The molecule has 1 N–H and O–H groups in total. The minimum Gasteiger partial charge on any atom is -0.324 e. The van der Waals surface area contributed by atoms with Crippen LogP contribution in [0, 0.1) is 5.92 Å². The predicted molar refractivity (Wildman–Crippen MR) is 123 cm³/mol. The Balaban J connectivity index is 1.60. The van der Waals surface area contributed by atoms with E-state index < -0.39 is 0 Å². The number of hydrogen-bond acceptors (Lipinski definition) is 4. The van der Waals surface area contributed by atoms with Gasteiger partial charge in [0.25, 0.3) is 5.91 Å². The molecule has 1 fully saturated rings. The standard InChI is InChI=1S/C24H31N5O2/c1-3-27(4-2)16-13-18-9-8-15-28(17-18)24(31)29-21-12-6-5-11-20(21)26-23(30)19-10-7-14-25-22(19)29/h5-7,10-12,14,18H,3-4,8-9,13,15-17H2,1-2H3,(H,26,30). The van der Waals surface area contributed by atoms with E-state index in [1.807, 2.05) is 29.2 Å². The molecular weight excluding hydrogens is 390 g/mol. The summed E-state index contributed by atoms with van der Waals surface area (Å²) in [4.78, 5) is 37.0. The highest BCUT2D eigenvalue weighted by atomic mass is 16.2. The Labute approximate surface area is 184 Å². The lowest BCUT2D eigenvalue weighted by Crippen LogP contribution is -2.47. The molecule has 1 aromatic heterocycles. The van der Waals surface area contributed by atoms with E-state index in [1.165, 1.54) is 0 Å². The first-order valence-corrected chi connectivity index (χ1v) is 11.3. The maximum Gasteiger partial charge on any atom is 0.330 e. The van der Waals surface area contributed by atoms with Gasteiger partial charge in [-0.15, -0.1) is 0 Å². The number of rotatable bonds is 5. The molecule has 0 aliphatic carbocycles. The monoisotopic (exact) mass is 421 g/mol. The minimum absolute atomic E-state index is 0.114. The molecule has 1 unspecified atom stereocenters. The molecule has 7 heteroatoms. The molecule has 4 rings (SSSR count). The molecule has 1 saturated heterocycles. The number of fused-ring (bicyclic) bond motifs is 2. The summed E-state index contributed by atoms with van der Waals surface area (Å²) >= 11 is 0. The Hall–Kier alpha value is -2.93. The minimum atomic E-state index is -0.249. The molecule has 31 heavy (non-hydrogen) atoms. The van der Waals surface area contributed by atoms with Crippen molar-refractivity contribution in [2.45, 2.75) is 33.1 Å². The highest BCUT2D eigenvalue weighted by Gasteiger charge is 2.34. The van der Waals surface area contributed by atoms with Gasteiger partial charge in [0.05, 0.1) is 16.9 Å². The third-order valence-electron chi connectivity index (χ3n) is 6.37. The summed E-state index contributed by atoms with van der Waals surface area (Å²) in [5, 5.41) is 2.92. The average Bonchev–Trinajstić information content (AvgIpc) is 2.93. The first-order valence-electron chi connectivity index (χ1n) is 11.3. The number of piperidine rings is 1. The number of hydrogen-bond donors (Lipinski definition) is 1. The van der Waals surface area contributed by atoms with Gasteiger partial charge in [0.2, 0.25) is 0 Å². The van der Waals surface area contributed by atoms with Gasteiger partial charge in [-0.05, 0) is 69.1 Å². The van der Waals surface area contributed by atoms with Crippen LogP contribution in [0.3, 0.4) is 0 Å². The van der Waals surface area contributed by atoms with E-state index >= 15 is 0 Å². The summed E-state index contributed by atoms with van der Waals surface area (Å²) in [6.07, 6.45) is 4.87. The summed E-state index contributed by atoms with van der Waals surface area (Å²) in [6.45, 7) is 9.02. The van der Waals surface area contributed by atoms with E-state index in [1.54, 1.807) is 23.2 Å². The first kappa shape index (κ1) is 21.3. The molecule has 1 aromatic carbocycles. The topological polar surface area (TPSA) is 68.8 Å². The Morgan fingerprint density at radius 1 is 1.19 bits per heavy atom. The van der Waals surface area contributed by atoms with Crippen molar-refractivity contribution >= 4 is 29.1 Å². The van der Waals surface area contributed by atoms with Crippen molar-refractivity contribution in [2.24, 2.45) is 5.92 Å². The van der Waals surface area contributed by atoms with Crippen molar-refractivity contribution in [1.82, 2.24) is 14.8 Å². The number of aromatic nitrogens is 1. The molecule has 1 atom stereocenters. The first-order chi connectivity index (χ1) is 15.1. The summed E-state index contributed by atoms with van der Waals surface area (Å²) in [5.74, 6) is 0.630. The van der Waals surface area contributed by atoms with Crippen LogP contribution in [0.2, 0.25) is 0 Å². The highest BCUT2D eigenvalue weighted by molar-refractivity contribution is 6.16. The number of benzene rings is 1. The Bertz CT molecular complexity index is 943. The SMILES string of the molecule is CCN(CC)CCC1CCCN(C(=O)N2c3ccccc3NC(=O)c3cccnc32)C1. The summed E-state index contributed by atoms with van der Waals surface area (Å²) < 4.78 is 0. The van der Waals surface area contributed by atoms with Crippen molar-refractivity contribution in [1.29, 1.82) is 0 Å². The van der Waals surface area contributed by atoms with E-state index in [2.05, 4.69) is 29.0 Å². The lowest BCUT2D eigenvalue weighted by molar-refractivity contribution is 0.102. The number of nitrogens with zero attached hydrogens (tertiary/aromatic N) is 4. The van der Waals surface area contributed by atoms with Crippen LogP contribution >= 0.6 is 0 Å². The van der Waals surface area contributed by atoms with Crippen LogP contribution in [0.4, 0.5) is 22.0 Å². The van der Waals surface area contributed by atoms with Crippen molar-refractivity contribution in [2.75, 3.05) is 42.9 Å². The molecule has 0 saturated carbocycles. The zero-order valence-electron chi connectivity index (χ0n) is 18.4. The lowest BCUT2D eigenvalue weighted by Gasteiger charge is -2.37. The molecule has 0 bridgehead atoms. The molecule has 7 nitrogen and oxygen atoms in total. The fraction of sp³-hybridized carbons (Fsp3) is 0.458. The Kier molecular flexibility index (Phi) is 6.51. The van der Waals surface area contributed by atoms with Gasteiger partial charge in [-0.2, -0.15) is 0 Å². The number of anilines is 3. The van der Waals surface area contributed by atoms with E-state index in [4.69, 9.17) is 0 Å². The molecule has 0 spiro atoms. The van der Waals surface area contributed by atoms with Crippen LogP contribution in [0.15, 0.2) is 42.6 Å². The molecule has 164 valence electrons. The number of pyridine rings is 1. The summed E-state index contributed by atoms with van der Waals surface area (Å²) in [5.41, 5.74) is 1.68. The third kappa shape index (κ3) is 4.42. The van der Waals surface area contributed by atoms with Crippen molar-refractivity contribution in [3.05, 3.63) is 48.2 Å². The quantitative estimate of drug-likeness (QED) is 0.779. The van der Waals surface area contributed by atoms with Gasteiger partial charge in [0, 0.05) is 19.3 Å². The molecule has 2 aromatic rings. The van der Waals surface area contributed by atoms with E-state index in [-0.39, 0.29) is 11.9 Å². The van der Waals surface area contributed by atoms with Gasteiger partial charge in [-0.3, -0.25) is 4.79 Å². The number of likely N-dealkylation sites (tertiary alicyclic amines) is 1. The zero-order valence-corrected chi connectivity index (χ0v) is 18.4. The maximum atomic E-state index is 13.8. The third-order valence-corrected chi connectivity index (χ3v) is 6.37. The maximum absolute atomic E-state index is 13.8. The molecule has 3 heterocycles. The summed E-state index contributed by atoms with van der Waals surface area (Å²) in [7, 11) is 0. The second-order valence-corrected chi connectivity index (χ2v) is 8.23. The van der Waals surface area contributed by atoms with Gasteiger partial charge in [-0.25, -0.2) is 14.7 Å². The molecule has 2 aliphatic rings. The van der Waals surface area contributed by atoms with Crippen LogP contribution in [0.25, 0.3) is 0 Å². The van der Waals surface area contributed by atoms with E-state index in [0.29, 0.717) is 28.7 Å². The smallest absolute Gasteiger partial charge is 0.324 e. The fourth-order valence-electron chi connectivity index (χ4n) is 4.54. The normalized spacial score (nSPS) is 18.3. The van der Waals surface area contributed by atoms with Crippen molar-refractivity contribution < 1.29 is 9.59 Å². The van der Waals surface area contributed by atoms with E-state index in [9.17, 15) is 9.59 Å². The zero-order chi connectivity index (χ0) is 21.8. The molecule has 2 aliphatic heterocycles. The molecule has 0 radical (unpaired) electrons. The van der Waals surface area contributed by atoms with Crippen LogP contribution in [0.1, 0.15) is 43.5 Å². The number of carbonyl (C=O) groups excluding carboxylic acids is 2. The van der Waals surface area contributed by atoms with E-state index in [0.717, 1.165) is 52.0 Å². The number of amides is 3. The number of para-hydroxylation sites is 2. The van der Waals surface area contributed by atoms with Gasteiger partial charge in [-0.1, -0.05) is 26.0 Å². The molecular formula is C24H31N5O2. The summed E-state index contributed by atoms with van der Waals surface area (Å²) in [6, 6.07) is 10.7. The van der Waals surface area contributed by atoms with Crippen LogP contribution in [-0.4, -0.2) is 59.4 Å². The van der Waals surface area contributed by atoms with Crippen LogP contribution in [0.5, 0.6) is 0 Å². The Morgan fingerprint density at radius 3 is 2.81 bits per heavy atom. The van der Waals surface area contributed by atoms with Gasteiger partial charge in [0.15, 0.2) is 5.82 Å². The lowest BCUT2D eigenvalue weighted by atomic mass is 9.94. The van der Waals surface area contributed by atoms with Crippen LogP contribution < -0.4 is 10.2 Å². The van der Waals surface area contributed by atoms with Gasteiger partial charge >= 0.3 is 6.03 Å². The van der Waals surface area contributed by atoms with Crippen molar-refractivity contribution in [3.63, 3.8) is 0 Å². The van der Waals surface area contributed by atoms with Crippen molar-refractivity contribution in [3.8, 4) is 0 Å². The Morgan fingerprint density at radius 2 is 2.00 bits per heavy atom. The second kappa shape index (κ2) is 9.47. The molecule has 3 amide bonds.